The lowest BCUT2D eigenvalue weighted by molar-refractivity contribution is -0.301. The Hall–Kier alpha value is -1.16. The average molecular weight is 697 g/mol. The van der Waals surface area contributed by atoms with Gasteiger partial charge in [-0.15, -0.1) is 0 Å². The lowest BCUT2D eigenvalue weighted by atomic mass is 9.99. The molecule has 6 unspecified atom stereocenters. The second kappa shape index (κ2) is 27.6. The van der Waals surface area contributed by atoms with Crippen LogP contribution in [0.25, 0.3) is 0 Å². The fourth-order valence-corrected chi connectivity index (χ4v) is 5.88. The molecule has 0 aliphatic carbocycles. The zero-order valence-electron chi connectivity index (χ0n) is 28.8. The summed E-state index contributed by atoms with van der Waals surface area (Å²) in [6.07, 6.45) is 16.5. The summed E-state index contributed by atoms with van der Waals surface area (Å²) < 4.78 is 58.2. The largest absolute Gasteiger partial charge is 0.457 e. The zero-order valence-corrected chi connectivity index (χ0v) is 29.7. The summed E-state index contributed by atoms with van der Waals surface area (Å²) in [5.74, 6) is -0.426. The average Bonchev–Trinajstić information content (AvgIpc) is 3.03. The Kier molecular flexibility index (Phi) is 25.8. The first kappa shape index (κ1) is 43.9. The molecule has 1 heterocycles. The molecule has 0 bridgehead atoms. The number of ether oxygens (including phenoxy) is 4. The van der Waals surface area contributed by atoms with E-state index in [9.17, 15) is 28.5 Å². The number of carbonyl (C=O) groups excluding carboxylic acids is 1. The number of hydrogen-bond donors (Lipinski definition) is 4. The molecule has 13 heteroatoms. The van der Waals surface area contributed by atoms with Gasteiger partial charge in [-0.2, -0.15) is 8.42 Å². The molecule has 1 aliphatic rings. The maximum absolute atomic E-state index is 12.4. The number of hydrogen-bond acceptors (Lipinski definition) is 11. The molecule has 0 aromatic heterocycles. The van der Waals surface area contributed by atoms with Crippen molar-refractivity contribution >= 4 is 16.4 Å². The first-order valence-corrected chi connectivity index (χ1v) is 19.3. The summed E-state index contributed by atoms with van der Waals surface area (Å²) in [7, 11) is -5.04. The Morgan fingerprint density at radius 1 is 0.787 bits per heavy atom. The third-order valence-electron chi connectivity index (χ3n) is 8.14. The van der Waals surface area contributed by atoms with Gasteiger partial charge in [-0.25, -0.2) is 4.18 Å². The zero-order chi connectivity index (χ0) is 34.8. The maximum atomic E-state index is 12.4. The lowest BCUT2D eigenvalue weighted by Crippen LogP contribution is -2.60. The van der Waals surface area contributed by atoms with Crippen molar-refractivity contribution < 1.29 is 56.2 Å². The topological polar surface area (TPSA) is 178 Å². The van der Waals surface area contributed by atoms with Crippen molar-refractivity contribution in [3.8, 4) is 0 Å². The lowest BCUT2D eigenvalue weighted by Gasteiger charge is -2.41. The molecule has 1 aliphatic heterocycles. The SMILES string of the molecule is CCCCCCCCC/C=C\CCCCCCCCOCC(COC1OC(CO)C(O)C(OS(=O)(=O)O)C1O)OC(=O)CCCCC. The van der Waals surface area contributed by atoms with Gasteiger partial charge in [0.05, 0.1) is 19.8 Å². The molecule has 1 rings (SSSR count). The van der Waals surface area contributed by atoms with Crippen LogP contribution in [0.1, 0.15) is 136 Å². The molecule has 0 saturated carbocycles. The van der Waals surface area contributed by atoms with Crippen LogP contribution in [0.5, 0.6) is 0 Å². The van der Waals surface area contributed by atoms with Gasteiger partial charge in [0.15, 0.2) is 6.29 Å². The summed E-state index contributed by atoms with van der Waals surface area (Å²) in [6, 6.07) is 0. The standard InChI is InChI=1S/C34H64O12S/c1-3-5-7-8-9-10-11-12-13-14-15-16-17-18-19-20-22-24-42-26-28(44-30(36)23-21-6-4-2)27-43-34-32(38)33(46-47(39,40)41)31(37)29(25-35)45-34/h13-14,28-29,31-35,37-38H,3-12,15-27H2,1-2H3,(H,39,40,41)/b14-13-. The Labute approximate surface area is 283 Å². The number of unbranched alkanes of at least 4 members (excludes halogenated alkanes) is 15. The summed E-state index contributed by atoms with van der Waals surface area (Å²) in [4.78, 5) is 12.4. The van der Waals surface area contributed by atoms with E-state index >= 15 is 0 Å². The second-order valence-electron chi connectivity index (χ2n) is 12.5. The Balaban J connectivity index is 2.36. The Morgan fingerprint density at radius 3 is 1.91 bits per heavy atom. The van der Waals surface area contributed by atoms with Crippen LogP contribution in [0.2, 0.25) is 0 Å². The minimum atomic E-state index is -5.04. The first-order valence-electron chi connectivity index (χ1n) is 17.9. The van der Waals surface area contributed by atoms with E-state index in [0.717, 1.165) is 38.5 Å². The third-order valence-corrected chi connectivity index (χ3v) is 8.60. The molecule has 0 radical (unpaired) electrons. The van der Waals surface area contributed by atoms with E-state index in [1.807, 2.05) is 6.92 Å². The van der Waals surface area contributed by atoms with Crippen molar-refractivity contribution in [2.75, 3.05) is 26.4 Å². The van der Waals surface area contributed by atoms with E-state index in [2.05, 4.69) is 23.3 Å². The smallest absolute Gasteiger partial charge is 0.397 e. The van der Waals surface area contributed by atoms with Crippen LogP contribution in [0, 0.1) is 0 Å². The number of carbonyl (C=O) groups is 1. The minimum Gasteiger partial charge on any atom is -0.457 e. The molecule has 0 aromatic carbocycles. The number of rotatable bonds is 30. The predicted octanol–water partition coefficient (Wildman–Crippen LogP) is 5.57. The van der Waals surface area contributed by atoms with E-state index < -0.39 is 59.8 Å². The molecule has 47 heavy (non-hydrogen) atoms. The van der Waals surface area contributed by atoms with Gasteiger partial charge in [0.2, 0.25) is 0 Å². The van der Waals surface area contributed by atoms with Crippen molar-refractivity contribution in [2.45, 2.75) is 173 Å². The van der Waals surface area contributed by atoms with Crippen molar-refractivity contribution in [1.82, 2.24) is 0 Å². The van der Waals surface area contributed by atoms with Crippen LogP contribution < -0.4 is 0 Å². The van der Waals surface area contributed by atoms with E-state index in [1.165, 1.54) is 70.6 Å². The predicted molar refractivity (Wildman–Crippen MR) is 179 cm³/mol. The molecule has 1 fully saturated rings. The summed E-state index contributed by atoms with van der Waals surface area (Å²) in [5.41, 5.74) is 0. The van der Waals surface area contributed by atoms with Gasteiger partial charge < -0.3 is 34.3 Å². The van der Waals surface area contributed by atoms with Gasteiger partial charge in [-0.05, 0) is 38.5 Å². The molecule has 12 nitrogen and oxygen atoms in total. The maximum Gasteiger partial charge on any atom is 0.397 e. The highest BCUT2D eigenvalue weighted by Crippen LogP contribution is 2.26. The number of aliphatic hydroxyl groups excluding tert-OH is 3. The van der Waals surface area contributed by atoms with Gasteiger partial charge in [-0.1, -0.05) is 103 Å². The van der Waals surface area contributed by atoms with Gasteiger partial charge in [0.25, 0.3) is 0 Å². The van der Waals surface area contributed by atoms with Gasteiger partial charge in [0, 0.05) is 13.0 Å². The number of esters is 1. The van der Waals surface area contributed by atoms with Crippen molar-refractivity contribution in [3.05, 3.63) is 12.2 Å². The first-order chi connectivity index (χ1) is 22.6. The normalized spacial score (nSPS) is 22.6. The molecule has 0 amide bonds. The highest BCUT2D eigenvalue weighted by atomic mass is 32.3. The summed E-state index contributed by atoms with van der Waals surface area (Å²) >= 11 is 0. The van der Waals surface area contributed by atoms with Crippen LogP contribution in [0.3, 0.4) is 0 Å². The number of aliphatic hydroxyl groups is 3. The number of allylic oxidation sites excluding steroid dienone is 2. The highest BCUT2D eigenvalue weighted by molar-refractivity contribution is 7.80. The van der Waals surface area contributed by atoms with E-state index in [0.29, 0.717) is 13.0 Å². The molecular weight excluding hydrogens is 632 g/mol. The van der Waals surface area contributed by atoms with E-state index in [1.54, 1.807) is 0 Å². The third kappa shape index (κ3) is 22.2. The van der Waals surface area contributed by atoms with Crippen LogP contribution in [0.15, 0.2) is 12.2 Å². The van der Waals surface area contributed by atoms with Gasteiger partial charge >= 0.3 is 16.4 Å². The van der Waals surface area contributed by atoms with E-state index in [-0.39, 0.29) is 19.6 Å². The second-order valence-corrected chi connectivity index (χ2v) is 13.5. The van der Waals surface area contributed by atoms with Crippen molar-refractivity contribution in [2.24, 2.45) is 0 Å². The van der Waals surface area contributed by atoms with Crippen LogP contribution in [-0.2, 0) is 38.3 Å². The fraction of sp³-hybridized carbons (Fsp3) is 0.912. The quantitative estimate of drug-likeness (QED) is 0.0318. The monoisotopic (exact) mass is 696 g/mol. The van der Waals surface area contributed by atoms with Gasteiger partial charge in [0.1, 0.15) is 30.5 Å². The Morgan fingerprint density at radius 2 is 1.34 bits per heavy atom. The van der Waals surface area contributed by atoms with Crippen LogP contribution >= 0.6 is 0 Å². The summed E-state index contributed by atoms with van der Waals surface area (Å²) in [5, 5.41) is 30.3. The van der Waals surface area contributed by atoms with Crippen LogP contribution in [0.4, 0.5) is 0 Å². The highest BCUT2D eigenvalue weighted by Gasteiger charge is 2.48. The molecule has 4 N–H and O–H groups in total. The van der Waals surface area contributed by atoms with E-state index in [4.69, 9.17) is 23.5 Å². The van der Waals surface area contributed by atoms with Crippen LogP contribution in [-0.4, -0.2) is 97.5 Å². The molecule has 6 atom stereocenters. The van der Waals surface area contributed by atoms with Gasteiger partial charge in [-0.3, -0.25) is 9.35 Å². The molecular formula is C34H64O12S. The minimum absolute atomic E-state index is 0.0323. The molecule has 0 aromatic rings. The van der Waals surface area contributed by atoms with Crippen molar-refractivity contribution in [1.29, 1.82) is 0 Å². The summed E-state index contributed by atoms with van der Waals surface area (Å²) in [6.45, 7) is 3.76. The Bertz CT molecular complexity index is 900. The molecule has 278 valence electrons. The molecule has 0 spiro atoms. The fourth-order valence-electron chi connectivity index (χ4n) is 5.37. The molecule has 1 saturated heterocycles. The van der Waals surface area contributed by atoms with Crippen molar-refractivity contribution in [3.63, 3.8) is 0 Å².